The molecule has 34 heavy (non-hydrogen) atoms. The lowest BCUT2D eigenvalue weighted by atomic mass is 10.2. The number of piperazine rings is 1. The molecule has 3 heterocycles. The number of aldehydes is 1. The number of carbonyl (C=O) groups excluding carboxylic acids is 1. The number of aromatic nitrogens is 2. The zero-order chi connectivity index (χ0) is 22.3. The molecule has 0 bridgehead atoms. The minimum absolute atomic E-state index is 0. The number of likely N-dealkylation sites (N-methyl/N-ethyl adjacent to an activating group) is 1. The van der Waals surface area contributed by atoms with E-state index in [1.807, 2.05) is 48.7 Å². The van der Waals surface area contributed by atoms with Crippen LogP contribution in [0.25, 0.3) is 0 Å². The number of halogens is 2. The van der Waals surface area contributed by atoms with Gasteiger partial charge in [0, 0.05) is 37.8 Å². The van der Waals surface area contributed by atoms with Gasteiger partial charge in [-0.05, 0) is 43.8 Å². The van der Waals surface area contributed by atoms with E-state index in [-0.39, 0.29) is 24.8 Å². The molecule has 1 fully saturated rings. The Morgan fingerprint density at radius 1 is 1.18 bits per heavy atom. The van der Waals surface area contributed by atoms with E-state index in [0.717, 1.165) is 48.9 Å². The summed E-state index contributed by atoms with van der Waals surface area (Å²) in [4.78, 5) is 24.7. The fraction of sp³-hybridized carbons (Fsp3) is 0.348. The van der Waals surface area contributed by atoms with Gasteiger partial charge in [-0.2, -0.15) is 0 Å². The quantitative estimate of drug-likeness (QED) is 0.417. The maximum atomic E-state index is 11.7. The molecule has 0 spiro atoms. The van der Waals surface area contributed by atoms with Gasteiger partial charge >= 0.3 is 0 Å². The van der Waals surface area contributed by atoms with Gasteiger partial charge in [0.25, 0.3) is 0 Å². The molecule has 1 aliphatic heterocycles. The maximum Gasteiger partial charge on any atom is 0.209 e. The molecule has 0 saturated carbocycles. The second-order valence-electron chi connectivity index (χ2n) is 7.69. The van der Waals surface area contributed by atoms with Gasteiger partial charge < -0.3 is 19.7 Å². The van der Waals surface area contributed by atoms with Crippen molar-refractivity contribution in [2.75, 3.05) is 38.5 Å². The normalized spacial score (nSPS) is 14.9. The first kappa shape index (κ1) is 27.8. The highest BCUT2D eigenvalue weighted by atomic mass is 35.5. The summed E-state index contributed by atoms with van der Waals surface area (Å²) >= 11 is 1.52. The first-order valence-electron chi connectivity index (χ1n) is 10.5. The third-order valence-corrected chi connectivity index (χ3v) is 6.05. The highest BCUT2D eigenvalue weighted by molar-refractivity contribution is 7.13. The van der Waals surface area contributed by atoms with Crippen molar-refractivity contribution in [2.45, 2.75) is 19.8 Å². The van der Waals surface area contributed by atoms with E-state index >= 15 is 0 Å². The lowest BCUT2D eigenvalue weighted by molar-refractivity contribution is -0.123. The lowest BCUT2D eigenvalue weighted by Crippen LogP contribution is -2.51. The molecule has 1 aliphatic rings. The van der Waals surface area contributed by atoms with Crippen molar-refractivity contribution in [3.05, 3.63) is 59.2 Å². The molecule has 4 rings (SSSR count). The number of carbonyl (C=O) groups is 1. The monoisotopic (exact) mass is 525 g/mol. The molecule has 3 aromatic rings. The van der Waals surface area contributed by atoms with E-state index in [1.165, 1.54) is 11.3 Å². The number of anilines is 2. The largest absolute Gasteiger partial charge is 0.485 e. The van der Waals surface area contributed by atoms with Crippen molar-refractivity contribution in [2.24, 2.45) is 0 Å². The Morgan fingerprint density at radius 2 is 1.97 bits per heavy atom. The molecule has 2 aromatic heterocycles. The zero-order valence-corrected chi connectivity index (χ0v) is 21.5. The van der Waals surface area contributed by atoms with Gasteiger partial charge in [0.2, 0.25) is 6.23 Å². The molecule has 184 valence electrons. The number of ether oxygens (including phenoxy) is 2. The number of nitrogens with one attached hydrogen (secondary N) is 1. The Morgan fingerprint density at radius 3 is 2.68 bits per heavy atom. The fourth-order valence-electron chi connectivity index (χ4n) is 3.39. The van der Waals surface area contributed by atoms with Crippen LogP contribution in [0.3, 0.4) is 0 Å². The van der Waals surface area contributed by atoms with Gasteiger partial charge in [0.1, 0.15) is 12.4 Å². The SMILES string of the molecule is Cc1csc(Nc2ncccc2OCc2cccc(OC(C=O)N3CCN(C)CC3)c2)n1.Cl.Cl. The molecule has 11 heteroatoms. The molecule has 8 nitrogen and oxygen atoms in total. The number of pyridine rings is 1. The van der Waals surface area contributed by atoms with Crippen LogP contribution >= 0.6 is 36.2 Å². The first-order chi connectivity index (χ1) is 15.6. The summed E-state index contributed by atoms with van der Waals surface area (Å²) in [6.07, 6.45) is 1.99. The average Bonchev–Trinajstić information content (AvgIpc) is 3.22. The van der Waals surface area contributed by atoms with Gasteiger partial charge in [-0.25, -0.2) is 9.97 Å². The zero-order valence-electron chi connectivity index (χ0n) is 19.0. The van der Waals surface area contributed by atoms with Gasteiger partial charge in [-0.1, -0.05) is 12.1 Å². The van der Waals surface area contributed by atoms with Crippen LogP contribution in [0.4, 0.5) is 10.9 Å². The van der Waals surface area contributed by atoms with E-state index in [4.69, 9.17) is 9.47 Å². The Bertz CT molecular complexity index is 1050. The standard InChI is InChI=1S/C23H27N5O3S.2ClH/c1-17-16-32-23(25-17)26-22-20(7-4-8-24-22)30-15-18-5-3-6-19(13-18)31-21(14-29)28-11-9-27(2)10-12-28;;/h3-8,13-14,16,21H,9-12,15H2,1-2H3,(H,24,25,26);2*1H. The molecule has 1 atom stereocenters. The molecule has 1 unspecified atom stereocenters. The minimum atomic E-state index is -0.587. The molecule has 1 aromatic carbocycles. The summed E-state index contributed by atoms with van der Waals surface area (Å²) < 4.78 is 12.0. The summed E-state index contributed by atoms with van der Waals surface area (Å²) in [6.45, 7) is 5.74. The maximum absolute atomic E-state index is 11.7. The molecule has 0 aliphatic carbocycles. The number of hydrogen-bond acceptors (Lipinski definition) is 9. The molecule has 1 N–H and O–H groups in total. The van der Waals surface area contributed by atoms with Crippen LogP contribution in [0, 0.1) is 6.92 Å². The van der Waals surface area contributed by atoms with Crippen LogP contribution in [-0.2, 0) is 11.4 Å². The number of aryl methyl sites for hydroxylation is 1. The molecule has 0 amide bonds. The Labute approximate surface area is 216 Å². The van der Waals surface area contributed by atoms with Crippen molar-refractivity contribution in [1.82, 2.24) is 19.8 Å². The van der Waals surface area contributed by atoms with Crippen LogP contribution < -0.4 is 14.8 Å². The van der Waals surface area contributed by atoms with Gasteiger partial charge in [0.15, 0.2) is 23.0 Å². The lowest BCUT2D eigenvalue weighted by Gasteiger charge is -2.35. The number of nitrogens with zero attached hydrogens (tertiary/aromatic N) is 4. The number of thiazole rings is 1. The van der Waals surface area contributed by atoms with Crippen molar-refractivity contribution in [1.29, 1.82) is 0 Å². The predicted molar refractivity (Wildman–Crippen MR) is 139 cm³/mol. The van der Waals surface area contributed by atoms with Crippen LogP contribution in [0.2, 0.25) is 0 Å². The Balaban J connectivity index is 0.00000204. The van der Waals surface area contributed by atoms with Gasteiger partial charge in [0.05, 0.1) is 5.69 Å². The second kappa shape index (κ2) is 13.5. The Kier molecular flexibility index (Phi) is 11.0. The number of rotatable bonds is 9. The minimum Gasteiger partial charge on any atom is -0.485 e. The highest BCUT2D eigenvalue weighted by Crippen LogP contribution is 2.28. The van der Waals surface area contributed by atoms with E-state index in [0.29, 0.717) is 23.9 Å². The van der Waals surface area contributed by atoms with E-state index in [9.17, 15) is 4.79 Å². The summed E-state index contributed by atoms with van der Waals surface area (Å²) in [5.74, 6) is 1.89. The van der Waals surface area contributed by atoms with Gasteiger partial charge in [-0.15, -0.1) is 36.2 Å². The van der Waals surface area contributed by atoms with Crippen molar-refractivity contribution in [3.63, 3.8) is 0 Å². The predicted octanol–water partition coefficient (Wildman–Crippen LogP) is 4.16. The van der Waals surface area contributed by atoms with Crippen molar-refractivity contribution >= 4 is 53.4 Å². The third-order valence-electron chi connectivity index (χ3n) is 5.18. The van der Waals surface area contributed by atoms with E-state index in [1.54, 1.807) is 6.20 Å². The second-order valence-corrected chi connectivity index (χ2v) is 8.55. The smallest absolute Gasteiger partial charge is 0.209 e. The summed E-state index contributed by atoms with van der Waals surface area (Å²) in [7, 11) is 2.08. The average molecular weight is 526 g/mol. The van der Waals surface area contributed by atoms with E-state index < -0.39 is 6.23 Å². The Hall–Kier alpha value is -2.43. The van der Waals surface area contributed by atoms with Crippen LogP contribution in [0.5, 0.6) is 11.5 Å². The van der Waals surface area contributed by atoms with Crippen LogP contribution in [0.1, 0.15) is 11.3 Å². The summed E-state index contributed by atoms with van der Waals surface area (Å²) in [5, 5.41) is 5.96. The third kappa shape index (κ3) is 7.54. The topological polar surface area (TPSA) is 79.8 Å². The molecular formula is C23H29Cl2N5O3S. The number of hydrogen-bond donors (Lipinski definition) is 1. The first-order valence-corrected chi connectivity index (χ1v) is 11.4. The molecule has 0 radical (unpaired) electrons. The summed E-state index contributed by atoms with van der Waals surface area (Å²) in [6, 6.07) is 11.3. The fourth-order valence-corrected chi connectivity index (χ4v) is 4.07. The van der Waals surface area contributed by atoms with Crippen LogP contribution in [0.15, 0.2) is 48.0 Å². The van der Waals surface area contributed by atoms with Crippen molar-refractivity contribution < 1.29 is 14.3 Å². The van der Waals surface area contributed by atoms with Gasteiger partial charge in [-0.3, -0.25) is 9.69 Å². The summed E-state index contributed by atoms with van der Waals surface area (Å²) in [5.41, 5.74) is 1.89. The van der Waals surface area contributed by atoms with Crippen molar-refractivity contribution in [3.8, 4) is 11.5 Å². The number of benzene rings is 1. The van der Waals surface area contributed by atoms with E-state index in [2.05, 4.69) is 32.1 Å². The molecular weight excluding hydrogens is 497 g/mol. The molecule has 1 saturated heterocycles. The highest BCUT2D eigenvalue weighted by Gasteiger charge is 2.23. The van der Waals surface area contributed by atoms with Crippen LogP contribution in [-0.4, -0.2) is 65.5 Å².